The molecule has 0 aromatic carbocycles. The Morgan fingerprint density at radius 2 is 2.50 bits per heavy atom. The smallest absolute Gasteiger partial charge is 0.168 e. The van der Waals surface area contributed by atoms with Crippen molar-refractivity contribution in [2.24, 2.45) is 0 Å². The van der Waals surface area contributed by atoms with Crippen LogP contribution in [0.25, 0.3) is 0 Å². The van der Waals surface area contributed by atoms with Crippen LogP contribution < -0.4 is 10.6 Å². The highest BCUT2D eigenvalue weighted by Crippen LogP contribution is 2.22. The minimum absolute atomic E-state index is 0.465. The van der Waals surface area contributed by atoms with Gasteiger partial charge >= 0.3 is 0 Å². The average molecular weight is 113 g/mol. The molecule has 45 valence electrons. The standard InChI is InChI=1S/C5H9N2O/c8-5-1-4(2-7-5)6-3-5/h4,6-7H,1-3H2. The van der Waals surface area contributed by atoms with Gasteiger partial charge in [-0.2, -0.15) is 0 Å². The lowest BCUT2D eigenvalue weighted by atomic mass is 10.2. The first-order valence-corrected chi connectivity index (χ1v) is 2.97. The van der Waals surface area contributed by atoms with Crippen molar-refractivity contribution in [2.45, 2.75) is 18.2 Å². The van der Waals surface area contributed by atoms with E-state index in [4.69, 9.17) is 0 Å². The van der Waals surface area contributed by atoms with Gasteiger partial charge in [0.15, 0.2) is 5.72 Å². The lowest BCUT2D eigenvalue weighted by Gasteiger charge is -2.17. The summed E-state index contributed by atoms with van der Waals surface area (Å²) in [5.74, 6) is 0. The van der Waals surface area contributed by atoms with E-state index >= 15 is 0 Å². The lowest BCUT2D eigenvalue weighted by molar-refractivity contribution is -0.0292. The first-order valence-electron chi connectivity index (χ1n) is 2.97. The van der Waals surface area contributed by atoms with Crippen molar-refractivity contribution >= 4 is 0 Å². The molecule has 3 heteroatoms. The van der Waals surface area contributed by atoms with Gasteiger partial charge in [0.2, 0.25) is 0 Å². The maximum atomic E-state index is 11.1. The summed E-state index contributed by atoms with van der Waals surface area (Å²) in [4.78, 5) is 0. The van der Waals surface area contributed by atoms with Crippen molar-refractivity contribution in [1.82, 2.24) is 10.6 Å². The van der Waals surface area contributed by atoms with Crippen LogP contribution in [0.2, 0.25) is 0 Å². The lowest BCUT2D eigenvalue weighted by Crippen LogP contribution is -2.48. The van der Waals surface area contributed by atoms with E-state index in [-0.39, 0.29) is 0 Å². The topological polar surface area (TPSA) is 44.0 Å². The molecule has 2 unspecified atom stereocenters. The van der Waals surface area contributed by atoms with Crippen molar-refractivity contribution in [2.75, 3.05) is 13.1 Å². The molecule has 3 nitrogen and oxygen atoms in total. The number of fused-ring (bicyclic) bond motifs is 2. The van der Waals surface area contributed by atoms with E-state index < -0.39 is 5.72 Å². The van der Waals surface area contributed by atoms with Crippen LogP contribution in [0.15, 0.2) is 0 Å². The van der Waals surface area contributed by atoms with Gasteiger partial charge in [-0.15, -0.1) is 0 Å². The predicted octanol–water partition coefficient (Wildman–Crippen LogP) is -0.922. The summed E-state index contributed by atoms with van der Waals surface area (Å²) in [7, 11) is 0. The largest absolute Gasteiger partial charge is 0.308 e. The van der Waals surface area contributed by atoms with Gasteiger partial charge in [-0.3, -0.25) is 5.32 Å². The van der Waals surface area contributed by atoms with Gasteiger partial charge in [0.05, 0.1) is 0 Å². The Morgan fingerprint density at radius 3 is 2.62 bits per heavy atom. The minimum Gasteiger partial charge on any atom is -0.308 e. The second kappa shape index (κ2) is 1.23. The number of hydrogen-bond donors (Lipinski definition) is 2. The molecule has 2 heterocycles. The van der Waals surface area contributed by atoms with Crippen molar-refractivity contribution in [3.05, 3.63) is 0 Å². The SMILES string of the molecule is [O]C12CNC(CN1)C2. The molecule has 8 heavy (non-hydrogen) atoms. The molecule has 0 saturated carbocycles. The van der Waals surface area contributed by atoms with E-state index in [1.54, 1.807) is 0 Å². The van der Waals surface area contributed by atoms with Crippen molar-refractivity contribution in [3.8, 4) is 0 Å². The molecule has 2 saturated heterocycles. The molecule has 2 aliphatic heterocycles. The van der Waals surface area contributed by atoms with Crippen LogP contribution in [0.1, 0.15) is 6.42 Å². The van der Waals surface area contributed by atoms with E-state index in [9.17, 15) is 5.11 Å². The molecular weight excluding hydrogens is 104 g/mol. The van der Waals surface area contributed by atoms with Crippen molar-refractivity contribution in [1.29, 1.82) is 0 Å². The molecule has 0 spiro atoms. The van der Waals surface area contributed by atoms with Gasteiger partial charge in [0.1, 0.15) is 0 Å². The van der Waals surface area contributed by atoms with Crippen molar-refractivity contribution in [3.63, 3.8) is 0 Å². The summed E-state index contributed by atoms with van der Waals surface area (Å²) in [6.45, 7) is 1.47. The van der Waals surface area contributed by atoms with E-state index in [0.717, 1.165) is 13.0 Å². The summed E-state index contributed by atoms with van der Waals surface area (Å²) in [5, 5.41) is 17.2. The molecule has 2 aliphatic rings. The highest BCUT2D eigenvalue weighted by atomic mass is 16.3. The summed E-state index contributed by atoms with van der Waals surface area (Å²) in [6, 6.07) is 0.465. The molecule has 1 radical (unpaired) electrons. The van der Waals surface area contributed by atoms with Crippen LogP contribution in [0.3, 0.4) is 0 Å². The van der Waals surface area contributed by atoms with E-state index in [1.807, 2.05) is 0 Å². The fourth-order valence-electron chi connectivity index (χ4n) is 1.44. The zero-order valence-electron chi connectivity index (χ0n) is 4.61. The molecule has 0 aromatic rings. The van der Waals surface area contributed by atoms with Crippen LogP contribution in [-0.2, 0) is 5.11 Å². The highest BCUT2D eigenvalue weighted by molar-refractivity contribution is 4.99. The molecule has 0 aliphatic carbocycles. The molecule has 2 bridgehead atoms. The summed E-state index contributed by atoms with van der Waals surface area (Å²) >= 11 is 0. The van der Waals surface area contributed by atoms with Crippen molar-refractivity contribution < 1.29 is 5.11 Å². The fourth-order valence-corrected chi connectivity index (χ4v) is 1.44. The molecular formula is C5H9N2O. The Labute approximate surface area is 48.1 Å². The normalized spacial score (nSPS) is 52.9. The zero-order valence-corrected chi connectivity index (χ0v) is 4.61. The third-order valence-electron chi connectivity index (χ3n) is 1.92. The Kier molecular flexibility index (Phi) is 0.730. The van der Waals surface area contributed by atoms with Crippen LogP contribution in [-0.4, -0.2) is 24.9 Å². The molecule has 2 N–H and O–H groups in total. The van der Waals surface area contributed by atoms with Crippen LogP contribution in [0.4, 0.5) is 0 Å². The number of hydrogen-bond acceptors (Lipinski definition) is 2. The molecule has 2 atom stereocenters. The summed E-state index contributed by atoms with van der Waals surface area (Å²) < 4.78 is 0. The summed E-state index contributed by atoms with van der Waals surface area (Å²) in [5.41, 5.74) is -0.801. The highest BCUT2D eigenvalue weighted by Gasteiger charge is 2.44. The van der Waals surface area contributed by atoms with Gasteiger partial charge < -0.3 is 5.32 Å². The second-order valence-corrected chi connectivity index (χ2v) is 2.66. The molecule has 0 aromatic heterocycles. The Morgan fingerprint density at radius 1 is 1.62 bits per heavy atom. The quantitative estimate of drug-likeness (QED) is 0.426. The molecule has 2 fully saturated rings. The van der Waals surface area contributed by atoms with Gasteiger partial charge in [-0.1, -0.05) is 0 Å². The zero-order chi connectivity index (χ0) is 5.61. The second-order valence-electron chi connectivity index (χ2n) is 2.66. The van der Waals surface area contributed by atoms with E-state index in [2.05, 4.69) is 10.6 Å². The monoisotopic (exact) mass is 113 g/mol. The van der Waals surface area contributed by atoms with Crippen LogP contribution in [0, 0.1) is 0 Å². The van der Waals surface area contributed by atoms with Gasteiger partial charge in [0, 0.05) is 25.6 Å². The van der Waals surface area contributed by atoms with Gasteiger partial charge in [-0.25, -0.2) is 5.11 Å². The number of piperazine rings is 1. The third kappa shape index (κ3) is 0.491. The van der Waals surface area contributed by atoms with E-state index in [1.165, 1.54) is 0 Å². The number of rotatable bonds is 0. The molecule has 2 rings (SSSR count). The number of nitrogens with one attached hydrogen (secondary N) is 2. The summed E-state index contributed by atoms with van der Waals surface area (Å²) in [6.07, 6.45) is 0.771. The first-order chi connectivity index (χ1) is 3.79. The van der Waals surface area contributed by atoms with E-state index in [0.29, 0.717) is 12.6 Å². The maximum absolute atomic E-state index is 11.1. The first kappa shape index (κ1) is 4.73. The van der Waals surface area contributed by atoms with Crippen LogP contribution >= 0.6 is 0 Å². The fraction of sp³-hybridized carbons (Fsp3) is 1.00. The molecule has 0 amide bonds. The minimum atomic E-state index is -0.801. The van der Waals surface area contributed by atoms with Crippen LogP contribution in [0.5, 0.6) is 0 Å². The predicted molar refractivity (Wildman–Crippen MR) is 27.8 cm³/mol. The average Bonchev–Trinajstić information content (AvgIpc) is 2.21. The van der Waals surface area contributed by atoms with Gasteiger partial charge in [0.25, 0.3) is 0 Å². The Bertz CT molecular complexity index is 107. The third-order valence-corrected chi connectivity index (χ3v) is 1.92. The van der Waals surface area contributed by atoms with Gasteiger partial charge in [-0.05, 0) is 0 Å². The Balaban J connectivity index is 2.19. The maximum Gasteiger partial charge on any atom is 0.168 e. The Hall–Kier alpha value is -0.120.